The molecule has 4 nitrogen and oxygen atoms in total. The zero-order valence-corrected chi connectivity index (χ0v) is 9.62. The number of hydrogen-bond acceptors (Lipinski definition) is 3. The summed E-state index contributed by atoms with van der Waals surface area (Å²) in [5.41, 5.74) is 3.25. The minimum absolute atomic E-state index is 0.726. The molecule has 0 aliphatic heterocycles. The Morgan fingerprint density at radius 2 is 2.29 bits per heavy atom. The second kappa shape index (κ2) is 4.03. The zero-order chi connectivity index (χ0) is 11.7. The van der Waals surface area contributed by atoms with Crippen molar-refractivity contribution < 1.29 is 4.42 Å². The van der Waals surface area contributed by atoms with Crippen LogP contribution in [0.5, 0.6) is 0 Å². The molecule has 2 aromatic heterocycles. The molecule has 1 aromatic carbocycles. The van der Waals surface area contributed by atoms with Crippen LogP contribution in [0.25, 0.3) is 22.6 Å². The van der Waals surface area contributed by atoms with Crippen LogP contribution in [0.1, 0.15) is 0 Å². The number of benzene rings is 1. The number of hydrogen-bond donors (Lipinski definition) is 2. The van der Waals surface area contributed by atoms with E-state index < -0.39 is 0 Å². The lowest BCUT2D eigenvalue weighted by Gasteiger charge is -1.97. The van der Waals surface area contributed by atoms with Gasteiger partial charge >= 0.3 is 0 Å². The fourth-order valence-corrected chi connectivity index (χ4v) is 1.85. The molecule has 0 aliphatic carbocycles. The summed E-state index contributed by atoms with van der Waals surface area (Å²) in [5.74, 6) is 1.45. The van der Waals surface area contributed by atoms with E-state index in [2.05, 4.69) is 15.3 Å². The molecule has 0 unspecified atom stereocenters. The van der Waals surface area contributed by atoms with Crippen LogP contribution in [-0.2, 0) is 0 Å². The predicted octanol–water partition coefficient (Wildman–Crippen LogP) is 3.19. The Morgan fingerprint density at radius 3 is 3.06 bits per heavy atom. The van der Waals surface area contributed by atoms with Gasteiger partial charge in [-0.3, -0.25) is 0 Å². The Balaban J connectivity index is 2.09. The lowest BCUT2D eigenvalue weighted by molar-refractivity contribution is 0.626. The number of H-pyrrole nitrogens is 1. The molecular weight excluding hydrogens is 234 g/mol. The van der Waals surface area contributed by atoms with E-state index in [1.165, 1.54) is 5.49 Å². The summed E-state index contributed by atoms with van der Waals surface area (Å²) in [5, 5.41) is 3.98. The van der Waals surface area contributed by atoms with Gasteiger partial charge in [0.05, 0.1) is 5.49 Å². The van der Waals surface area contributed by atoms with E-state index in [9.17, 15) is 0 Å². The van der Waals surface area contributed by atoms with Crippen LogP contribution >= 0.6 is 12.2 Å². The number of nitrogens with one attached hydrogen (secondary N) is 2. The molecule has 84 valence electrons. The summed E-state index contributed by atoms with van der Waals surface area (Å²) in [6.07, 6.45) is 3.46. The maximum Gasteiger partial charge on any atom is 0.173 e. The highest BCUT2D eigenvalue weighted by Gasteiger charge is 2.07. The Hall–Kier alpha value is -2.14. The molecule has 0 bridgehead atoms. The number of imidazole rings is 1. The molecule has 0 saturated heterocycles. The highest BCUT2D eigenvalue weighted by molar-refractivity contribution is 7.79. The molecule has 0 fully saturated rings. The van der Waals surface area contributed by atoms with Gasteiger partial charge in [0.25, 0.3) is 0 Å². The van der Waals surface area contributed by atoms with E-state index in [1.807, 2.05) is 24.3 Å². The summed E-state index contributed by atoms with van der Waals surface area (Å²) in [6, 6.07) is 7.75. The first-order valence-electron chi connectivity index (χ1n) is 5.10. The van der Waals surface area contributed by atoms with Gasteiger partial charge < -0.3 is 14.7 Å². The molecular formula is C12H9N3OS. The minimum Gasteiger partial charge on any atom is -0.453 e. The van der Waals surface area contributed by atoms with Crippen molar-refractivity contribution >= 4 is 34.4 Å². The van der Waals surface area contributed by atoms with Crippen molar-refractivity contribution in [1.82, 2.24) is 9.97 Å². The summed E-state index contributed by atoms with van der Waals surface area (Å²) in [4.78, 5) is 7.16. The summed E-state index contributed by atoms with van der Waals surface area (Å²) in [7, 11) is 0. The molecule has 2 N–H and O–H groups in total. The third-order valence-electron chi connectivity index (χ3n) is 2.47. The maximum atomic E-state index is 5.69. The molecule has 2 heterocycles. The van der Waals surface area contributed by atoms with E-state index in [0.29, 0.717) is 0 Å². The van der Waals surface area contributed by atoms with E-state index >= 15 is 0 Å². The standard InChI is InChI=1S/C12H9N3OS/c17-7-15-9-1-2-10-8(5-9)6-11(16-10)12-13-3-4-14-12/h1-7H,(H,13,14)(H,15,17). The monoisotopic (exact) mass is 243 g/mol. The SMILES string of the molecule is S=CNc1ccc2oc(-c3ncc[nH]3)cc2c1. The molecule has 3 rings (SSSR count). The molecule has 3 aromatic rings. The average molecular weight is 243 g/mol. The predicted molar refractivity (Wildman–Crippen MR) is 71.1 cm³/mol. The van der Waals surface area contributed by atoms with Crippen molar-refractivity contribution in [1.29, 1.82) is 0 Å². The van der Waals surface area contributed by atoms with E-state index in [4.69, 9.17) is 16.6 Å². The minimum atomic E-state index is 0.726. The molecule has 0 saturated carbocycles. The average Bonchev–Trinajstić information content (AvgIpc) is 2.97. The van der Waals surface area contributed by atoms with Crippen LogP contribution in [0.2, 0.25) is 0 Å². The Morgan fingerprint density at radius 1 is 1.35 bits per heavy atom. The van der Waals surface area contributed by atoms with E-state index in [1.54, 1.807) is 12.4 Å². The quantitative estimate of drug-likeness (QED) is 0.694. The maximum absolute atomic E-state index is 5.69. The normalized spacial score (nSPS) is 10.6. The van der Waals surface area contributed by atoms with Gasteiger partial charge in [-0.15, -0.1) is 0 Å². The number of fused-ring (bicyclic) bond motifs is 1. The summed E-state index contributed by atoms with van der Waals surface area (Å²) >= 11 is 4.75. The highest BCUT2D eigenvalue weighted by atomic mass is 32.1. The first-order valence-corrected chi connectivity index (χ1v) is 5.57. The first kappa shape index (κ1) is 10.0. The smallest absolute Gasteiger partial charge is 0.173 e. The van der Waals surface area contributed by atoms with Gasteiger partial charge in [-0.2, -0.15) is 0 Å². The van der Waals surface area contributed by atoms with Crippen molar-refractivity contribution in [2.45, 2.75) is 0 Å². The van der Waals surface area contributed by atoms with Gasteiger partial charge in [0.1, 0.15) is 5.58 Å². The van der Waals surface area contributed by atoms with Crippen LogP contribution in [-0.4, -0.2) is 15.5 Å². The number of rotatable bonds is 3. The van der Waals surface area contributed by atoms with Crippen LogP contribution in [0.3, 0.4) is 0 Å². The lowest BCUT2D eigenvalue weighted by Crippen LogP contribution is -1.90. The number of anilines is 1. The lowest BCUT2D eigenvalue weighted by atomic mass is 10.2. The first-order chi connectivity index (χ1) is 8.36. The number of aromatic amines is 1. The van der Waals surface area contributed by atoms with Gasteiger partial charge in [-0.05, 0) is 24.3 Å². The third kappa shape index (κ3) is 1.81. The number of nitrogens with zero attached hydrogens (tertiary/aromatic N) is 1. The molecule has 17 heavy (non-hydrogen) atoms. The fraction of sp³-hybridized carbons (Fsp3) is 0. The van der Waals surface area contributed by atoms with Crippen LogP contribution in [0.4, 0.5) is 5.69 Å². The third-order valence-corrected chi connectivity index (χ3v) is 2.59. The van der Waals surface area contributed by atoms with Gasteiger partial charge in [-0.1, -0.05) is 12.2 Å². The second-order valence-electron chi connectivity index (χ2n) is 3.56. The number of thiocarbonyl (C=S) groups is 1. The van der Waals surface area contributed by atoms with Gasteiger partial charge in [0, 0.05) is 23.5 Å². The summed E-state index contributed by atoms with van der Waals surface area (Å²) < 4.78 is 5.69. The summed E-state index contributed by atoms with van der Waals surface area (Å²) in [6.45, 7) is 0. The molecule has 0 radical (unpaired) electrons. The Labute approximate surface area is 103 Å². The number of furan rings is 1. The van der Waals surface area contributed by atoms with Crippen LogP contribution in [0, 0.1) is 0 Å². The van der Waals surface area contributed by atoms with Crippen molar-refractivity contribution in [3.05, 3.63) is 36.7 Å². The highest BCUT2D eigenvalue weighted by Crippen LogP contribution is 2.27. The molecule has 0 aliphatic rings. The van der Waals surface area contributed by atoms with Crippen molar-refractivity contribution in [2.75, 3.05) is 5.32 Å². The van der Waals surface area contributed by atoms with Gasteiger partial charge in [-0.25, -0.2) is 4.98 Å². The Kier molecular flexibility index (Phi) is 2.38. The van der Waals surface area contributed by atoms with Crippen LogP contribution in [0.15, 0.2) is 41.1 Å². The van der Waals surface area contributed by atoms with E-state index in [0.717, 1.165) is 28.2 Å². The second-order valence-corrected chi connectivity index (χ2v) is 3.80. The van der Waals surface area contributed by atoms with E-state index in [-0.39, 0.29) is 0 Å². The Bertz CT molecular complexity index is 658. The largest absolute Gasteiger partial charge is 0.453 e. The number of aromatic nitrogens is 2. The molecule has 0 spiro atoms. The zero-order valence-electron chi connectivity index (χ0n) is 8.81. The van der Waals surface area contributed by atoms with Crippen molar-refractivity contribution in [2.24, 2.45) is 0 Å². The fourth-order valence-electron chi connectivity index (χ4n) is 1.72. The molecule has 0 atom stereocenters. The van der Waals surface area contributed by atoms with Crippen molar-refractivity contribution in [3.63, 3.8) is 0 Å². The van der Waals surface area contributed by atoms with Crippen LogP contribution < -0.4 is 5.32 Å². The molecule has 0 amide bonds. The topological polar surface area (TPSA) is 53.9 Å². The molecule has 5 heteroatoms. The van der Waals surface area contributed by atoms with Gasteiger partial charge in [0.15, 0.2) is 11.6 Å². The van der Waals surface area contributed by atoms with Gasteiger partial charge in [0.2, 0.25) is 0 Å². The van der Waals surface area contributed by atoms with Crippen molar-refractivity contribution in [3.8, 4) is 11.6 Å².